The molecule has 1 rings (SSSR count). The first-order chi connectivity index (χ1) is 8.55. The molecule has 0 amide bonds. The van der Waals surface area contributed by atoms with Crippen molar-refractivity contribution in [3.05, 3.63) is 34.2 Å². The zero-order valence-electron chi connectivity index (χ0n) is 9.52. The van der Waals surface area contributed by atoms with Gasteiger partial charge in [-0.2, -0.15) is 13.2 Å². The van der Waals surface area contributed by atoms with Crippen molar-refractivity contribution < 1.29 is 21.6 Å². The van der Waals surface area contributed by atoms with Crippen LogP contribution in [0.4, 0.5) is 13.2 Å². The molecule has 0 radical (unpaired) electrons. The predicted octanol–water partition coefficient (Wildman–Crippen LogP) is 1.42. The normalized spacial score (nSPS) is 13.4. The maximum absolute atomic E-state index is 12.4. The number of alkyl halides is 3. The molecule has 0 aliphatic rings. The Morgan fingerprint density at radius 1 is 1.47 bits per heavy atom. The molecule has 0 saturated carbocycles. The lowest BCUT2D eigenvalue weighted by Gasteiger charge is -2.13. The van der Waals surface area contributed by atoms with Crippen LogP contribution >= 0.6 is 11.3 Å². The molecule has 0 bridgehead atoms. The largest absolute Gasteiger partial charge is 0.803 e. The average molecular weight is 312 g/mol. The minimum absolute atomic E-state index is 0.0407. The number of allylic oxidation sites excluding steroid dienone is 2. The molecule has 3 N–H and O–H groups in total. The molecule has 0 aliphatic carbocycles. The SMILES string of the molecule is CN/C(=C\C(=[N-])c1ccc(S(N)(=O)=O)s1)C(F)(F)F. The van der Waals surface area contributed by atoms with Crippen LogP contribution in [0.15, 0.2) is 28.1 Å². The fourth-order valence-corrected chi connectivity index (χ4v) is 2.76. The summed E-state index contributed by atoms with van der Waals surface area (Å²) in [5, 5.41) is 16.3. The van der Waals surface area contributed by atoms with Gasteiger partial charge in [0.15, 0.2) is 0 Å². The summed E-state index contributed by atoms with van der Waals surface area (Å²) in [6.07, 6.45) is -4.18. The maximum atomic E-state index is 12.4. The number of thiophene rings is 1. The Morgan fingerprint density at radius 3 is 2.42 bits per heavy atom. The Balaban J connectivity index is 3.09. The van der Waals surface area contributed by atoms with E-state index in [0.29, 0.717) is 17.4 Å². The van der Waals surface area contributed by atoms with Gasteiger partial charge in [-0.25, -0.2) is 13.6 Å². The van der Waals surface area contributed by atoms with Crippen molar-refractivity contribution in [2.75, 3.05) is 7.05 Å². The molecule has 0 unspecified atom stereocenters. The van der Waals surface area contributed by atoms with Crippen LogP contribution in [0.1, 0.15) is 4.88 Å². The van der Waals surface area contributed by atoms with Crippen LogP contribution in [0.5, 0.6) is 0 Å². The standard InChI is InChI=1S/C9H9F3N3O2S2/c1-15-7(9(10,11)12)4-5(13)6-2-3-8(18-6)19(14,16)17/h2-4,15H,1H3,(H2,14,16,17)/q-1/b7-4-. The van der Waals surface area contributed by atoms with Gasteiger partial charge in [-0.1, -0.05) is 0 Å². The van der Waals surface area contributed by atoms with Crippen LogP contribution < -0.4 is 10.5 Å². The zero-order valence-corrected chi connectivity index (χ0v) is 11.2. The van der Waals surface area contributed by atoms with E-state index in [1.807, 2.05) is 5.32 Å². The highest BCUT2D eigenvalue weighted by Gasteiger charge is 2.32. The number of hydrogen-bond acceptors (Lipinski definition) is 4. The summed E-state index contributed by atoms with van der Waals surface area (Å²) in [7, 11) is -2.89. The Morgan fingerprint density at radius 2 is 2.05 bits per heavy atom. The molecule has 1 heterocycles. The summed E-state index contributed by atoms with van der Waals surface area (Å²) in [5.41, 5.74) is -1.86. The average Bonchev–Trinajstić information content (AvgIpc) is 2.72. The first kappa shape index (κ1) is 15.7. The van der Waals surface area contributed by atoms with Gasteiger partial charge in [0, 0.05) is 11.9 Å². The highest BCUT2D eigenvalue weighted by Crippen LogP contribution is 2.25. The second-order valence-electron chi connectivity index (χ2n) is 3.35. The van der Waals surface area contributed by atoms with Gasteiger partial charge in [0.25, 0.3) is 0 Å². The van der Waals surface area contributed by atoms with Crippen molar-refractivity contribution >= 4 is 27.1 Å². The molecule has 19 heavy (non-hydrogen) atoms. The van der Waals surface area contributed by atoms with Crippen LogP contribution in [0, 0.1) is 0 Å². The molecule has 0 fully saturated rings. The van der Waals surface area contributed by atoms with Gasteiger partial charge in [0.05, 0.1) is 0 Å². The van der Waals surface area contributed by atoms with Gasteiger partial charge < -0.3 is 10.7 Å². The van der Waals surface area contributed by atoms with Crippen LogP contribution in [-0.2, 0) is 10.0 Å². The van der Waals surface area contributed by atoms with E-state index in [4.69, 9.17) is 5.14 Å². The van der Waals surface area contributed by atoms with E-state index >= 15 is 0 Å². The second-order valence-corrected chi connectivity index (χ2v) is 6.23. The van der Waals surface area contributed by atoms with E-state index in [2.05, 4.69) is 0 Å². The third-order valence-electron chi connectivity index (χ3n) is 1.97. The Labute approximate surface area is 111 Å². The third kappa shape index (κ3) is 4.04. The molecule has 0 atom stereocenters. The molecule has 5 nitrogen and oxygen atoms in total. The first-order valence-corrected chi connectivity index (χ1v) is 7.07. The molecule has 0 aliphatic heterocycles. The van der Waals surface area contributed by atoms with E-state index in [-0.39, 0.29) is 9.09 Å². The minimum Gasteiger partial charge on any atom is -0.803 e. The number of sulfonamides is 1. The number of nitrogens with one attached hydrogen (secondary N) is 1. The molecule has 1 aromatic rings. The van der Waals surface area contributed by atoms with Gasteiger partial charge in [-0.15, -0.1) is 17.0 Å². The number of nitrogens with two attached hydrogens (primary N) is 1. The number of primary sulfonamides is 1. The second kappa shape index (κ2) is 5.31. The Bertz CT molecular complexity index is 617. The molecule has 10 heteroatoms. The summed E-state index contributed by atoms with van der Waals surface area (Å²) in [6, 6.07) is 2.27. The van der Waals surface area contributed by atoms with Crippen molar-refractivity contribution in [2.24, 2.45) is 5.14 Å². The lowest BCUT2D eigenvalue weighted by atomic mass is 10.2. The van der Waals surface area contributed by atoms with Gasteiger partial charge in [-0.3, -0.25) is 0 Å². The van der Waals surface area contributed by atoms with E-state index in [1.165, 1.54) is 6.07 Å². The van der Waals surface area contributed by atoms with Gasteiger partial charge in [-0.05, 0) is 18.2 Å². The number of halogens is 3. The molecular formula is C9H9F3N3O2S2-. The van der Waals surface area contributed by atoms with E-state index in [0.717, 1.165) is 13.1 Å². The molecule has 1 aromatic heterocycles. The summed E-state index contributed by atoms with van der Waals surface area (Å²) < 4.78 is 59.0. The van der Waals surface area contributed by atoms with Crippen LogP contribution in [-0.4, -0.2) is 27.4 Å². The zero-order chi connectivity index (χ0) is 14.8. The van der Waals surface area contributed by atoms with Gasteiger partial charge in [0.1, 0.15) is 9.91 Å². The van der Waals surface area contributed by atoms with Crippen LogP contribution in [0.3, 0.4) is 0 Å². The van der Waals surface area contributed by atoms with Crippen molar-refractivity contribution in [3.8, 4) is 0 Å². The predicted molar refractivity (Wildman–Crippen MR) is 66.4 cm³/mol. The van der Waals surface area contributed by atoms with Crippen molar-refractivity contribution in [1.29, 1.82) is 0 Å². The fraction of sp³-hybridized carbons (Fsp3) is 0.222. The molecule has 0 saturated heterocycles. The fourth-order valence-electron chi connectivity index (χ4n) is 1.11. The van der Waals surface area contributed by atoms with Crippen molar-refractivity contribution in [2.45, 2.75) is 10.4 Å². The van der Waals surface area contributed by atoms with Gasteiger partial charge in [0.2, 0.25) is 10.0 Å². The quantitative estimate of drug-likeness (QED) is 0.823. The maximum Gasteiger partial charge on any atom is 0.430 e. The minimum atomic E-state index is -4.65. The van der Waals surface area contributed by atoms with Gasteiger partial charge >= 0.3 is 6.18 Å². The smallest absolute Gasteiger partial charge is 0.430 e. The van der Waals surface area contributed by atoms with E-state index < -0.39 is 27.6 Å². The lowest BCUT2D eigenvalue weighted by Crippen LogP contribution is -2.24. The lowest BCUT2D eigenvalue weighted by molar-refractivity contribution is -0.0958. The van der Waals surface area contributed by atoms with Crippen LogP contribution in [0.2, 0.25) is 0 Å². The molecular weight excluding hydrogens is 303 g/mol. The summed E-state index contributed by atoms with van der Waals surface area (Å²) in [5.74, 6) is 0. The number of rotatable bonds is 4. The third-order valence-corrected chi connectivity index (χ3v) is 4.52. The number of hydrogen-bond donors (Lipinski definition) is 2. The summed E-state index contributed by atoms with van der Waals surface area (Å²) in [4.78, 5) is -0.0407. The highest BCUT2D eigenvalue weighted by molar-refractivity contribution is 7.91. The molecule has 106 valence electrons. The summed E-state index contributed by atoms with van der Waals surface area (Å²) >= 11 is 0.571. The van der Waals surface area contributed by atoms with Crippen molar-refractivity contribution in [1.82, 2.24) is 5.32 Å². The topological polar surface area (TPSA) is 94.5 Å². The highest BCUT2D eigenvalue weighted by atomic mass is 32.2. The van der Waals surface area contributed by atoms with E-state index in [9.17, 15) is 27.0 Å². The van der Waals surface area contributed by atoms with E-state index in [1.54, 1.807) is 0 Å². The van der Waals surface area contributed by atoms with Crippen LogP contribution in [0.25, 0.3) is 5.41 Å². The monoisotopic (exact) mass is 312 g/mol. The Kier molecular flexibility index (Phi) is 4.38. The molecule has 0 spiro atoms. The summed E-state index contributed by atoms with van der Waals surface area (Å²) in [6.45, 7) is 0. The first-order valence-electron chi connectivity index (χ1n) is 4.71. The molecule has 0 aromatic carbocycles. The number of nitrogens with zero attached hydrogens (tertiary/aromatic N) is 1. The van der Waals surface area contributed by atoms with Crippen molar-refractivity contribution in [3.63, 3.8) is 0 Å². The Hall–Kier alpha value is -1.39.